The lowest BCUT2D eigenvalue weighted by Crippen LogP contribution is -2.35. The molecule has 0 radical (unpaired) electrons. The van der Waals surface area contributed by atoms with Gasteiger partial charge in [0.1, 0.15) is 11.5 Å². The lowest BCUT2D eigenvalue weighted by Gasteiger charge is -2.17. The second-order valence-corrected chi connectivity index (χ2v) is 6.68. The molecule has 0 aliphatic carbocycles. The molecule has 2 N–H and O–H groups in total. The lowest BCUT2D eigenvalue weighted by molar-refractivity contribution is -0.120. The van der Waals surface area contributed by atoms with Crippen molar-refractivity contribution in [2.24, 2.45) is 5.10 Å². The van der Waals surface area contributed by atoms with E-state index in [0.717, 1.165) is 0 Å². The zero-order chi connectivity index (χ0) is 24.9. The molecule has 2 aromatic rings. The number of hydrazone groups is 1. The van der Waals surface area contributed by atoms with Crippen LogP contribution in [0.2, 0.25) is 0 Å². The molecule has 0 saturated heterocycles. The van der Waals surface area contributed by atoms with Crippen molar-refractivity contribution in [3.63, 3.8) is 0 Å². The van der Waals surface area contributed by atoms with E-state index in [2.05, 4.69) is 15.8 Å². The number of amides is 2. The van der Waals surface area contributed by atoms with E-state index in [1.807, 2.05) is 20.8 Å². The van der Waals surface area contributed by atoms with Crippen LogP contribution in [0.25, 0.3) is 0 Å². The van der Waals surface area contributed by atoms with Crippen LogP contribution in [0.3, 0.4) is 0 Å². The summed E-state index contributed by atoms with van der Waals surface area (Å²) in [6.45, 7) is 6.39. The minimum atomic E-state index is -0.507. The monoisotopic (exact) mass is 473 g/mol. The van der Waals surface area contributed by atoms with Gasteiger partial charge >= 0.3 is 0 Å². The first-order valence-corrected chi connectivity index (χ1v) is 10.9. The van der Waals surface area contributed by atoms with E-state index >= 15 is 0 Å². The van der Waals surface area contributed by atoms with Crippen molar-refractivity contribution in [3.05, 3.63) is 41.5 Å². The van der Waals surface area contributed by atoms with E-state index in [4.69, 9.17) is 23.7 Å². The summed E-state index contributed by atoms with van der Waals surface area (Å²) in [4.78, 5) is 24.8. The summed E-state index contributed by atoms with van der Waals surface area (Å²) in [5, 5.41) is 6.47. The minimum Gasteiger partial charge on any atom is -0.497 e. The number of nitrogens with zero attached hydrogens (tertiary/aromatic N) is 1. The molecule has 0 atom stereocenters. The van der Waals surface area contributed by atoms with Crippen LogP contribution in [0.15, 0.2) is 35.4 Å². The van der Waals surface area contributed by atoms with Gasteiger partial charge in [0.05, 0.1) is 46.8 Å². The summed E-state index contributed by atoms with van der Waals surface area (Å²) in [5.41, 5.74) is 3.26. The Morgan fingerprint density at radius 2 is 1.53 bits per heavy atom. The quantitative estimate of drug-likeness (QED) is 0.339. The van der Waals surface area contributed by atoms with Crippen LogP contribution in [0.4, 0.5) is 0 Å². The van der Waals surface area contributed by atoms with Crippen molar-refractivity contribution in [2.75, 3.05) is 40.6 Å². The van der Waals surface area contributed by atoms with Gasteiger partial charge in [0.2, 0.25) is 5.75 Å². The van der Waals surface area contributed by atoms with Crippen molar-refractivity contribution >= 4 is 18.0 Å². The number of rotatable bonds is 13. The fraction of sp³-hybridized carbons (Fsp3) is 0.375. The van der Waals surface area contributed by atoms with Gasteiger partial charge < -0.3 is 29.0 Å². The highest BCUT2D eigenvalue weighted by Gasteiger charge is 2.18. The third-order valence-corrected chi connectivity index (χ3v) is 4.41. The van der Waals surface area contributed by atoms with Gasteiger partial charge in [-0.1, -0.05) is 0 Å². The molecule has 34 heavy (non-hydrogen) atoms. The average molecular weight is 474 g/mol. The Kier molecular flexibility index (Phi) is 10.5. The van der Waals surface area contributed by atoms with Gasteiger partial charge in [0.25, 0.3) is 11.8 Å². The number of hydrogen-bond donors (Lipinski definition) is 2. The molecule has 0 unspecified atom stereocenters. The molecule has 184 valence electrons. The smallest absolute Gasteiger partial charge is 0.259 e. The predicted molar refractivity (Wildman–Crippen MR) is 128 cm³/mol. The molecule has 2 rings (SSSR count). The molecule has 0 saturated carbocycles. The van der Waals surface area contributed by atoms with Crippen molar-refractivity contribution in [1.82, 2.24) is 10.7 Å². The first kappa shape index (κ1) is 26.3. The van der Waals surface area contributed by atoms with Gasteiger partial charge in [-0.25, -0.2) is 5.43 Å². The van der Waals surface area contributed by atoms with Crippen molar-refractivity contribution in [2.45, 2.75) is 20.8 Å². The Hall–Kier alpha value is -3.95. The number of methoxy groups -OCH3 is 2. The van der Waals surface area contributed by atoms with Crippen LogP contribution in [0, 0.1) is 0 Å². The van der Waals surface area contributed by atoms with Crippen molar-refractivity contribution in [3.8, 4) is 28.7 Å². The van der Waals surface area contributed by atoms with Gasteiger partial charge in [-0.05, 0) is 51.1 Å². The highest BCUT2D eigenvalue weighted by atomic mass is 16.5. The maximum Gasteiger partial charge on any atom is 0.259 e. The molecule has 2 amide bonds. The third-order valence-electron chi connectivity index (χ3n) is 4.41. The van der Waals surface area contributed by atoms with Crippen LogP contribution >= 0.6 is 0 Å². The highest BCUT2D eigenvalue weighted by molar-refractivity contribution is 5.97. The van der Waals surface area contributed by atoms with E-state index < -0.39 is 11.8 Å². The van der Waals surface area contributed by atoms with Crippen LogP contribution in [-0.2, 0) is 4.79 Å². The molecule has 0 bridgehead atoms. The minimum absolute atomic E-state index is 0.271. The summed E-state index contributed by atoms with van der Waals surface area (Å²) >= 11 is 0. The first-order valence-electron chi connectivity index (χ1n) is 10.9. The summed E-state index contributed by atoms with van der Waals surface area (Å²) in [6.07, 6.45) is 1.43. The molecule has 10 heteroatoms. The van der Waals surface area contributed by atoms with E-state index in [9.17, 15) is 9.59 Å². The van der Waals surface area contributed by atoms with Crippen molar-refractivity contribution in [1.29, 1.82) is 0 Å². The maximum atomic E-state index is 12.7. The summed E-state index contributed by atoms with van der Waals surface area (Å²) in [6, 6.07) is 8.30. The molecule has 0 heterocycles. The topological polar surface area (TPSA) is 117 Å². The zero-order valence-corrected chi connectivity index (χ0v) is 20.1. The van der Waals surface area contributed by atoms with E-state index in [1.54, 1.807) is 37.4 Å². The lowest BCUT2D eigenvalue weighted by atomic mass is 10.1. The van der Waals surface area contributed by atoms with E-state index in [-0.39, 0.29) is 12.1 Å². The fourth-order valence-electron chi connectivity index (χ4n) is 2.94. The van der Waals surface area contributed by atoms with Crippen LogP contribution in [0.5, 0.6) is 28.7 Å². The SMILES string of the molecule is CCOc1cc(C(=O)NCC(=O)NN=Cc2cc(OC)ccc2OC)cc(OCC)c1OCC. The Morgan fingerprint density at radius 1 is 0.882 bits per heavy atom. The van der Waals surface area contributed by atoms with Gasteiger partial charge in [0, 0.05) is 11.1 Å². The summed E-state index contributed by atoms with van der Waals surface area (Å²) < 4.78 is 27.3. The molecule has 2 aromatic carbocycles. The highest BCUT2D eigenvalue weighted by Crippen LogP contribution is 2.39. The van der Waals surface area contributed by atoms with E-state index in [1.165, 1.54) is 13.3 Å². The van der Waals surface area contributed by atoms with Crippen molar-refractivity contribution < 1.29 is 33.3 Å². The number of benzene rings is 2. The predicted octanol–water partition coefficient (Wildman–Crippen LogP) is 2.78. The Balaban J connectivity index is 2.05. The molecule has 0 aliphatic rings. The Morgan fingerprint density at radius 3 is 2.09 bits per heavy atom. The van der Waals surface area contributed by atoms with Gasteiger partial charge in [0.15, 0.2) is 11.5 Å². The third kappa shape index (κ3) is 7.29. The number of carbonyl (C=O) groups excluding carboxylic acids is 2. The summed E-state index contributed by atoms with van der Waals surface area (Å²) in [7, 11) is 3.08. The summed E-state index contributed by atoms with van der Waals surface area (Å²) in [5.74, 6) is 1.42. The second kappa shape index (κ2) is 13.6. The number of ether oxygens (including phenoxy) is 5. The Labute approximate surface area is 199 Å². The normalized spacial score (nSPS) is 10.5. The second-order valence-electron chi connectivity index (χ2n) is 6.68. The number of hydrogen-bond acceptors (Lipinski definition) is 8. The molecule has 0 spiro atoms. The Bertz CT molecular complexity index is 981. The van der Waals surface area contributed by atoms with Crippen LogP contribution < -0.4 is 34.4 Å². The maximum absolute atomic E-state index is 12.7. The standard InChI is InChI=1S/C24H31N3O7/c1-6-32-20-12-16(13-21(33-7-2)23(20)34-8-3)24(29)25-15-22(28)27-26-14-17-11-18(30-4)9-10-19(17)31-5/h9-14H,6-8,15H2,1-5H3,(H,25,29)(H,27,28). The number of nitrogens with one attached hydrogen (secondary N) is 2. The van der Waals surface area contributed by atoms with Gasteiger partial charge in [-0.15, -0.1) is 0 Å². The molecule has 10 nitrogen and oxygen atoms in total. The van der Waals surface area contributed by atoms with E-state index in [0.29, 0.717) is 54.1 Å². The van der Waals surface area contributed by atoms with Gasteiger partial charge in [-0.2, -0.15) is 5.10 Å². The van der Waals surface area contributed by atoms with Gasteiger partial charge in [-0.3, -0.25) is 9.59 Å². The molecule has 0 fully saturated rings. The largest absolute Gasteiger partial charge is 0.497 e. The average Bonchev–Trinajstić information content (AvgIpc) is 2.84. The first-order chi connectivity index (χ1) is 16.5. The number of carbonyl (C=O) groups is 2. The molecular weight excluding hydrogens is 442 g/mol. The molecule has 0 aromatic heterocycles. The molecular formula is C24H31N3O7. The zero-order valence-electron chi connectivity index (χ0n) is 20.1. The van der Waals surface area contributed by atoms with Crippen LogP contribution in [-0.4, -0.2) is 58.6 Å². The van der Waals surface area contributed by atoms with Crippen LogP contribution in [0.1, 0.15) is 36.7 Å². The fourth-order valence-corrected chi connectivity index (χ4v) is 2.94. The molecule has 0 aliphatic heterocycles.